The Morgan fingerprint density at radius 1 is 1.29 bits per heavy atom. The molecule has 0 saturated heterocycles. The molecule has 1 atom stereocenters. The van der Waals surface area contributed by atoms with Crippen LogP contribution in [0.15, 0.2) is 64.5 Å². The molecule has 0 spiro atoms. The molecule has 1 unspecified atom stereocenters. The normalized spacial score (nSPS) is 15.8. The van der Waals surface area contributed by atoms with E-state index in [2.05, 4.69) is 36.5 Å². The fraction of sp³-hybridized carbons (Fsp3) is 0.158. The van der Waals surface area contributed by atoms with Gasteiger partial charge in [-0.1, -0.05) is 57.0 Å². The van der Waals surface area contributed by atoms with Crippen molar-refractivity contribution < 1.29 is 9.63 Å². The Bertz CT molecular complexity index is 1050. The topological polar surface area (TPSA) is 81.4 Å². The second kappa shape index (κ2) is 8.12. The maximum absolute atomic E-state index is 12.4. The van der Waals surface area contributed by atoms with Gasteiger partial charge < -0.3 is 4.84 Å². The average Bonchev–Trinajstić information content (AvgIpc) is 3.32. The average molecular weight is 461 g/mol. The number of halogens is 2. The van der Waals surface area contributed by atoms with Crippen LogP contribution >= 0.6 is 27.5 Å². The maximum Gasteiger partial charge on any atom is 0.271 e. The van der Waals surface area contributed by atoms with E-state index in [1.54, 1.807) is 11.0 Å². The second-order valence-electron chi connectivity index (χ2n) is 6.23. The molecule has 0 radical (unpaired) electrons. The first-order valence-electron chi connectivity index (χ1n) is 8.50. The fourth-order valence-corrected chi connectivity index (χ4v) is 3.41. The third kappa shape index (κ3) is 4.40. The van der Waals surface area contributed by atoms with E-state index >= 15 is 0 Å². The van der Waals surface area contributed by atoms with E-state index < -0.39 is 6.10 Å². The Morgan fingerprint density at radius 2 is 2.14 bits per heavy atom. The third-order valence-corrected chi connectivity index (χ3v) is 4.85. The minimum Gasteiger partial charge on any atom is -0.382 e. The molecule has 28 heavy (non-hydrogen) atoms. The number of carbonyl (C=O) groups is 1. The minimum absolute atomic E-state index is 0.214. The van der Waals surface area contributed by atoms with Crippen LogP contribution in [0.25, 0.3) is 0 Å². The Labute approximate surface area is 174 Å². The first-order valence-corrected chi connectivity index (χ1v) is 9.67. The molecule has 1 amide bonds. The van der Waals surface area contributed by atoms with Crippen LogP contribution in [0.3, 0.4) is 0 Å². The van der Waals surface area contributed by atoms with E-state index in [0.29, 0.717) is 18.0 Å². The van der Waals surface area contributed by atoms with Crippen LogP contribution in [-0.4, -0.2) is 32.5 Å². The molecule has 7 nitrogen and oxygen atoms in total. The molecule has 0 aliphatic carbocycles. The van der Waals surface area contributed by atoms with Crippen molar-refractivity contribution in [3.05, 3.63) is 75.5 Å². The zero-order chi connectivity index (χ0) is 19.5. The van der Waals surface area contributed by atoms with Gasteiger partial charge in [-0.05, 0) is 29.8 Å². The van der Waals surface area contributed by atoms with Crippen molar-refractivity contribution >= 4 is 45.1 Å². The number of aromatic nitrogens is 3. The van der Waals surface area contributed by atoms with Crippen LogP contribution in [0.4, 0.5) is 5.95 Å². The summed E-state index contributed by atoms with van der Waals surface area (Å²) in [5, 5.41) is 11.6. The monoisotopic (exact) mass is 459 g/mol. The predicted molar refractivity (Wildman–Crippen MR) is 109 cm³/mol. The smallest absolute Gasteiger partial charge is 0.271 e. The molecule has 0 saturated carbocycles. The molecular weight excluding hydrogens is 446 g/mol. The zero-order valence-corrected chi connectivity index (χ0v) is 16.9. The molecule has 1 N–H and O–H groups in total. The summed E-state index contributed by atoms with van der Waals surface area (Å²) in [6.45, 7) is 0.500. The molecular formula is C19H15BrClN5O2. The number of anilines is 1. The van der Waals surface area contributed by atoms with E-state index in [0.717, 1.165) is 21.3 Å². The number of nitrogens with one attached hydrogen (secondary N) is 1. The fourth-order valence-electron chi connectivity index (χ4n) is 2.80. The summed E-state index contributed by atoms with van der Waals surface area (Å²) in [7, 11) is 0. The van der Waals surface area contributed by atoms with E-state index in [9.17, 15) is 4.79 Å². The van der Waals surface area contributed by atoms with Gasteiger partial charge in [-0.3, -0.25) is 10.1 Å². The van der Waals surface area contributed by atoms with E-state index in [1.165, 1.54) is 0 Å². The molecule has 142 valence electrons. The van der Waals surface area contributed by atoms with Crippen LogP contribution in [0.5, 0.6) is 0 Å². The van der Waals surface area contributed by atoms with E-state index in [1.807, 2.05) is 48.5 Å². The lowest BCUT2D eigenvalue weighted by Crippen LogP contribution is -2.28. The third-order valence-electron chi connectivity index (χ3n) is 4.12. The number of hydrogen-bond donors (Lipinski definition) is 1. The SMILES string of the molecule is O=C(Nc1ncn(Cc2cccc(Cl)c2)n1)C1CC(c2cccc(Br)c2)=NO1. The largest absolute Gasteiger partial charge is 0.382 e. The summed E-state index contributed by atoms with van der Waals surface area (Å²) in [5.74, 6) is -0.124. The Kier molecular flexibility index (Phi) is 5.40. The highest BCUT2D eigenvalue weighted by molar-refractivity contribution is 9.10. The summed E-state index contributed by atoms with van der Waals surface area (Å²) in [6.07, 6.45) is 1.22. The van der Waals surface area contributed by atoms with Crippen LogP contribution < -0.4 is 5.32 Å². The molecule has 9 heteroatoms. The number of amides is 1. The number of rotatable bonds is 5. The molecule has 1 aliphatic heterocycles. The lowest BCUT2D eigenvalue weighted by Gasteiger charge is -2.06. The zero-order valence-electron chi connectivity index (χ0n) is 14.5. The lowest BCUT2D eigenvalue weighted by atomic mass is 10.0. The first-order chi connectivity index (χ1) is 13.6. The van der Waals surface area contributed by atoms with Gasteiger partial charge in [0.2, 0.25) is 12.1 Å². The highest BCUT2D eigenvalue weighted by atomic mass is 79.9. The summed E-state index contributed by atoms with van der Waals surface area (Å²) >= 11 is 9.42. The van der Waals surface area contributed by atoms with Gasteiger partial charge in [0, 0.05) is 21.5 Å². The molecule has 0 fully saturated rings. The number of nitrogens with zero attached hydrogens (tertiary/aromatic N) is 4. The number of carbonyl (C=O) groups excluding carboxylic acids is 1. The maximum atomic E-state index is 12.4. The van der Waals surface area contributed by atoms with E-state index in [-0.39, 0.29) is 11.9 Å². The summed E-state index contributed by atoms with van der Waals surface area (Å²) in [4.78, 5) is 21.9. The lowest BCUT2D eigenvalue weighted by molar-refractivity contribution is -0.125. The van der Waals surface area contributed by atoms with Gasteiger partial charge in [0.15, 0.2) is 0 Å². The highest BCUT2D eigenvalue weighted by Crippen LogP contribution is 2.20. The first kappa shape index (κ1) is 18.6. The van der Waals surface area contributed by atoms with Gasteiger partial charge in [0.05, 0.1) is 12.3 Å². The van der Waals surface area contributed by atoms with Gasteiger partial charge in [0.25, 0.3) is 5.91 Å². The van der Waals surface area contributed by atoms with Crippen molar-refractivity contribution in [3.63, 3.8) is 0 Å². The van der Waals surface area contributed by atoms with Crippen LogP contribution in [-0.2, 0) is 16.2 Å². The van der Waals surface area contributed by atoms with Gasteiger partial charge >= 0.3 is 0 Å². The van der Waals surface area contributed by atoms with Gasteiger partial charge in [-0.25, -0.2) is 9.67 Å². The number of hydrogen-bond acceptors (Lipinski definition) is 5. The Hall–Kier alpha value is -2.71. The van der Waals surface area contributed by atoms with Crippen LogP contribution in [0, 0.1) is 0 Å². The molecule has 2 heterocycles. The van der Waals surface area contributed by atoms with Crippen molar-refractivity contribution in [1.29, 1.82) is 0 Å². The standard InChI is InChI=1S/C19H15BrClN5O2/c20-14-5-2-4-13(8-14)16-9-17(28-25-16)18(27)23-19-22-11-26(24-19)10-12-3-1-6-15(21)7-12/h1-8,11,17H,9-10H2,(H,23,24,27). The summed E-state index contributed by atoms with van der Waals surface area (Å²) in [5.41, 5.74) is 2.62. The van der Waals surface area contributed by atoms with Crippen molar-refractivity contribution in [2.45, 2.75) is 19.1 Å². The van der Waals surface area contributed by atoms with Gasteiger partial charge in [-0.2, -0.15) is 0 Å². The molecule has 1 aromatic heterocycles. The van der Waals surface area contributed by atoms with Crippen LogP contribution in [0.2, 0.25) is 5.02 Å². The summed E-state index contributed by atoms with van der Waals surface area (Å²) < 4.78 is 2.57. The second-order valence-corrected chi connectivity index (χ2v) is 7.58. The van der Waals surface area contributed by atoms with Gasteiger partial charge in [0.1, 0.15) is 6.33 Å². The van der Waals surface area contributed by atoms with Crippen molar-refractivity contribution in [2.24, 2.45) is 5.16 Å². The van der Waals surface area contributed by atoms with Crippen molar-refractivity contribution in [3.8, 4) is 0 Å². The van der Waals surface area contributed by atoms with Crippen molar-refractivity contribution in [1.82, 2.24) is 14.8 Å². The van der Waals surface area contributed by atoms with Crippen molar-refractivity contribution in [2.75, 3.05) is 5.32 Å². The Morgan fingerprint density at radius 3 is 2.96 bits per heavy atom. The minimum atomic E-state index is -0.714. The van der Waals surface area contributed by atoms with Crippen LogP contribution in [0.1, 0.15) is 17.5 Å². The molecule has 2 aromatic carbocycles. The highest BCUT2D eigenvalue weighted by Gasteiger charge is 2.29. The van der Waals surface area contributed by atoms with Gasteiger partial charge in [-0.15, -0.1) is 5.10 Å². The molecule has 4 rings (SSSR count). The Balaban J connectivity index is 1.35. The van der Waals surface area contributed by atoms with E-state index in [4.69, 9.17) is 16.4 Å². The predicted octanol–water partition coefficient (Wildman–Crippen LogP) is 3.87. The quantitative estimate of drug-likeness (QED) is 0.627. The molecule has 3 aromatic rings. The summed E-state index contributed by atoms with van der Waals surface area (Å²) in [6, 6.07) is 15.2. The molecule has 0 bridgehead atoms. The number of oxime groups is 1. The molecule has 1 aliphatic rings. The number of benzene rings is 2.